The van der Waals surface area contributed by atoms with Gasteiger partial charge in [-0.3, -0.25) is 0 Å². The van der Waals surface area contributed by atoms with Gasteiger partial charge in [0.1, 0.15) is 11.5 Å². The standard InChI is InChI=1S/C19H20O4/c1-12(2)22-10-9-13-7-8-17-15(18(13)19(20)21)11-14-5-3-4-6-16(14)23-17/h3-8,12H,9-11H2,1-2H3,(H,20,21). The number of carbonyl (C=O) groups is 1. The van der Waals surface area contributed by atoms with Crippen molar-refractivity contribution in [3.8, 4) is 11.5 Å². The van der Waals surface area contributed by atoms with Crippen molar-refractivity contribution >= 4 is 5.97 Å². The van der Waals surface area contributed by atoms with Gasteiger partial charge in [0.25, 0.3) is 0 Å². The molecule has 2 aromatic carbocycles. The van der Waals surface area contributed by atoms with Crippen LogP contribution in [0.4, 0.5) is 0 Å². The van der Waals surface area contributed by atoms with E-state index in [1.165, 1.54) is 0 Å². The summed E-state index contributed by atoms with van der Waals surface area (Å²) in [5.74, 6) is 0.520. The van der Waals surface area contributed by atoms with E-state index in [1.54, 1.807) is 0 Å². The Balaban J connectivity index is 1.95. The lowest BCUT2D eigenvalue weighted by atomic mass is 9.91. The Morgan fingerprint density at radius 3 is 2.74 bits per heavy atom. The van der Waals surface area contributed by atoms with E-state index in [9.17, 15) is 9.90 Å². The SMILES string of the molecule is CC(C)OCCc1ccc2c(c1C(=O)O)Cc1ccccc1O2. The van der Waals surface area contributed by atoms with Gasteiger partial charge in [-0.25, -0.2) is 4.79 Å². The second kappa shape index (κ2) is 6.42. The molecule has 0 spiro atoms. The number of fused-ring (bicyclic) bond motifs is 2. The second-order valence-electron chi connectivity index (χ2n) is 5.94. The molecule has 0 amide bonds. The quantitative estimate of drug-likeness (QED) is 0.772. The number of rotatable bonds is 5. The fraction of sp³-hybridized carbons (Fsp3) is 0.316. The molecule has 1 aliphatic rings. The van der Waals surface area contributed by atoms with Gasteiger partial charge in [-0.2, -0.15) is 0 Å². The van der Waals surface area contributed by atoms with E-state index in [1.807, 2.05) is 50.2 Å². The average Bonchev–Trinajstić information content (AvgIpc) is 2.52. The van der Waals surface area contributed by atoms with Crippen LogP contribution in [0.2, 0.25) is 0 Å². The number of hydrogen-bond donors (Lipinski definition) is 1. The van der Waals surface area contributed by atoms with E-state index in [0.717, 1.165) is 22.4 Å². The van der Waals surface area contributed by atoms with Gasteiger partial charge in [0.2, 0.25) is 0 Å². The van der Waals surface area contributed by atoms with E-state index < -0.39 is 5.97 Å². The van der Waals surface area contributed by atoms with Gasteiger partial charge in [-0.15, -0.1) is 0 Å². The molecule has 0 atom stereocenters. The fourth-order valence-corrected chi connectivity index (χ4v) is 2.89. The molecule has 0 radical (unpaired) electrons. The second-order valence-corrected chi connectivity index (χ2v) is 5.94. The Morgan fingerprint density at radius 1 is 1.22 bits per heavy atom. The molecule has 0 unspecified atom stereocenters. The van der Waals surface area contributed by atoms with Gasteiger partial charge in [0, 0.05) is 12.0 Å². The summed E-state index contributed by atoms with van der Waals surface area (Å²) in [4.78, 5) is 11.8. The monoisotopic (exact) mass is 312 g/mol. The van der Waals surface area contributed by atoms with E-state index in [0.29, 0.717) is 30.8 Å². The minimum absolute atomic E-state index is 0.135. The van der Waals surface area contributed by atoms with Crippen LogP contribution in [0.3, 0.4) is 0 Å². The maximum Gasteiger partial charge on any atom is 0.336 e. The van der Waals surface area contributed by atoms with E-state index in [2.05, 4.69) is 0 Å². The van der Waals surface area contributed by atoms with Crippen LogP contribution in [-0.2, 0) is 17.6 Å². The summed E-state index contributed by atoms with van der Waals surface area (Å²) in [6, 6.07) is 11.4. The van der Waals surface area contributed by atoms with Crippen LogP contribution >= 0.6 is 0 Å². The zero-order valence-electron chi connectivity index (χ0n) is 13.3. The van der Waals surface area contributed by atoms with Crippen LogP contribution in [0.1, 0.15) is 40.9 Å². The number of hydrogen-bond acceptors (Lipinski definition) is 3. The van der Waals surface area contributed by atoms with E-state index >= 15 is 0 Å². The van der Waals surface area contributed by atoms with E-state index in [4.69, 9.17) is 9.47 Å². The van der Waals surface area contributed by atoms with Gasteiger partial charge in [-0.1, -0.05) is 24.3 Å². The zero-order chi connectivity index (χ0) is 16.4. The van der Waals surface area contributed by atoms with Crippen molar-refractivity contribution in [2.24, 2.45) is 0 Å². The molecule has 23 heavy (non-hydrogen) atoms. The lowest BCUT2D eigenvalue weighted by Gasteiger charge is -2.23. The highest BCUT2D eigenvalue weighted by Crippen LogP contribution is 2.39. The highest BCUT2D eigenvalue weighted by Gasteiger charge is 2.24. The Labute approximate surface area is 135 Å². The molecule has 0 aliphatic carbocycles. The first-order chi connectivity index (χ1) is 11.1. The molecule has 2 aromatic rings. The third kappa shape index (κ3) is 3.22. The highest BCUT2D eigenvalue weighted by molar-refractivity contribution is 5.92. The summed E-state index contributed by atoms with van der Waals surface area (Å²) in [5, 5.41) is 9.68. The molecule has 1 aliphatic heterocycles. The minimum Gasteiger partial charge on any atom is -0.478 e. The average molecular weight is 312 g/mol. The maximum atomic E-state index is 11.8. The van der Waals surface area contributed by atoms with Crippen LogP contribution in [0, 0.1) is 0 Å². The molecule has 0 saturated carbocycles. The number of ether oxygens (including phenoxy) is 2. The van der Waals surface area contributed by atoms with E-state index in [-0.39, 0.29) is 6.10 Å². The smallest absolute Gasteiger partial charge is 0.336 e. The molecular formula is C19H20O4. The molecular weight excluding hydrogens is 292 g/mol. The third-order valence-corrected chi connectivity index (χ3v) is 3.95. The first-order valence-electron chi connectivity index (χ1n) is 7.81. The molecule has 0 fully saturated rings. The van der Waals surface area contributed by atoms with Crippen molar-refractivity contribution < 1.29 is 19.4 Å². The van der Waals surface area contributed by atoms with Gasteiger partial charge in [-0.05, 0) is 43.5 Å². The molecule has 3 rings (SSSR count). The summed E-state index contributed by atoms with van der Waals surface area (Å²) in [6.07, 6.45) is 1.29. The lowest BCUT2D eigenvalue weighted by molar-refractivity contribution is 0.0689. The first kappa shape index (κ1) is 15.6. The number of para-hydroxylation sites is 1. The zero-order valence-corrected chi connectivity index (χ0v) is 13.3. The summed E-state index contributed by atoms with van der Waals surface area (Å²) < 4.78 is 11.4. The topological polar surface area (TPSA) is 55.8 Å². The molecule has 4 nitrogen and oxygen atoms in total. The van der Waals surface area contributed by atoms with Gasteiger partial charge in [0.15, 0.2) is 0 Å². The van der Waals surface area contributed by atoms with Crippen molar-refractivity contribution in [2.45, 2.75) is 32.8 Å². The van der Waals surface area contributed by atoms with Crippen molar-refractivity contribution in [1.29, 1.82) is 0 Å². The van der Waals surface area contributed by atoms with Crippen molar-refractivity contribution in [3.63, 3.8) is 0 Å². The van der Waals surface area contributed by atoms with Gasteiger partial charge < -0.3 is 14.6 Å². The van der Waals surface area contributed by atoms with Gasteiger partial charge >= 0.3 is 5.97 Å². The predicted octanol–water partition coefficient (Wildman–Crippen LogP) is 4.05. The van der Waals surface area contributed by atoms with Crippen LogP contribution in [-0.4, -0.2) is 23.8 Å². The molecule has 1 N–H and O–H groups in total. The van der Waals surface area contributed by atoms with Crippen LogP contribution in [0.25, 0.3) is 0 Å². The van der Waals surface area contributed by atoms with Crippen molar-refractivity contribution in [2.75, 3.05) is 6.61 Å². The van der Waals surface area contributed by atoms with Gasteiger partial charge in [0.05, 0.1) is 18.3 Å². The molecule has 1 heterocycles. The Kier molecular flexibility index (Phi) is 4.35. The maximum absolute atomic E-state index is 11.8. The number of carboxylic acids is 1. The Bertz CT molecular complexity index is 734. The summed E-state index contributed by atoms with van der Waals surface area (Å²) in [5.41, 5.74) is 2.90. The normalized spacial score (nSPS) is 12.5. The largest absolute Gasteiger partial charge is 0.478 e. The molecule has 0 saturated heterocycles. The van der Waals surface area contributed by atoms with Crippen LogP contribution in [0.15, 0.2) is 36.4 Å². The number of aromatic carboxylic acids is 1. The van der Waals surface area contributed by atoms with Crippen molar-refractivity contribution in [1.82, 2.24) is 0 Å². The molecule has 4 heteroatoms. The summed E-state index contributed by atoms with van der Waals surface area (Å²) in [6.45, 7) is 4.44. The highest BCUT2D eigenvalue weighted by atomic mass is 16.5. The predicted molar refractivity (Wildman–Crippen MR) is 87.5 cm³/mol. The first-order valence-corrected chi connectivity index (χ1v) is 7.81. The lowest BCUT2D eigenvalue weighted by Crippen LogP contribution is -2.14. The molecule has 0 bridgehead atoms. The van der Waals surface area contributed by atoms with Crippen LogP contribution in [0.5, 0.6) is 11.5 Å². The summed E-state index contributed by atoms with van der Waals surface area (Å²) >= 11 is 0. The van der Waals surface area contributed by atoms with Crippen molar-refractivity contribution in [3.05, 3.63) is 58.7 Å². The minimum atomic E-state index is -0.913. The van der Waals surface area contributed by atoms with Crippen LogP contribution < -0.4 is 4.74 Å². The number of carboxylic acid groups (broad SMARTS) is 1. The fourth-order valence-electron chi connectivity index (χ4n) is 2.89. The molecule has 0 aromatic heterocycles. The summed E-state index contributed by atoms with van der Waals surface area (Å²) in [7, 11) is 0. The third-order valence-electron chi connectivity index (χ3n) is 3.95. The Hall–Kier alpha value is -2.33. The Morgan fingerprint density at radius 2 is 2.00 bits per heavy atom. The number of benzene rings is 2. The molecule has 120 valence electrons.